The minimum Gasteiger partial charge on any atom is -0.354 e. The summed E-state index contributed by atoms with van der Waals surface area (Å²) in [5, 5.41) is 7.81. The number of hydrogen-bond donors (Lipinski definition) is 1. The van der Waals surface area contributed by atoms with Gasteiger partial charge in [-0.1, -0.05) is 6.92 Å². The molecule has 0 saturated carbocycles. The number of ketones is 1. The lowest BCUT2D eigenvalue weighted by atomic mass is 10.0. The zero-order valence-electron chi connectivity index (χ0n) is 17.6. The van der Waals surface area contributed by atoms with Crippen molar-refractivity contribution in [1.29, 1.82) is 0 Å². The van der Waals surface area contributed by atoms with E-state index in [2.05, 4.69) is 20.3 Å². The highest BCUT2D eigenvalue weighted by Gasteiger charge is 2.17. The Labute approximate surface area is 177 Å². The third-order valence-corrected chi connectivity index (χ3v) is 5.30. The minimum absolute atomic E-state index is 0.167. The Morgan fingerprint density at radius 3 is 2.70 bits per heavy atom. The van der Waals surface area contributed by atoms with Gasteiger partial charge in [0.05, 0.1) is 11.4 Å². The lowest BCUT2D eigenvalue weighted by Gasteiger charge is -2.29. The Hall–Kier alpha value is -3.06. The number of rotatable bonds is 7. The molecule has 7 heteroatoms. The first-order valence-electron chi connectivity index (χ1n) is 10.6. The zero-order valence-corrected chi connectivity index (χ0v) is 17.6. The van der Waals surface area contributed by atoms with Crippen molar-refractivity contribution in [2.45, 2.75) is 26.2 Å². The Bertz CT molecular complexity index is 1020. The molecule has 1 aliphatic rings. The summed E-state index contributed by atoms with van der Waals surface area (Å²) in [5.74, 6) is 1.04. The standard InChI is InChI=1S/C23H28N6O/c1-3-4-22(30)18-14-21(26-23(15-18)29-11-8-24-9-12-29)17-5-7-25-20(13-17)16-19-6-10-28(2)27-19/h5-7,10,13-15,24H,3-4,8-9,11-12,16H2,1-2H3. The molecule has 0 spiro atoms. The van der Waals surface area contributed by atoms with E-state index in [0.717, 1.165) is 66.6 Å². The van der Waals surface area contributed by atoms with E-state index in [4.69, 9.17) is 4.98 Å². The maximum absolute atomic E-state index is 12.7. The molecule has 3 aromatic rings. The third kappa shape index (κ3) is 4.74. The second-order valence-corrected chi connectivity index (χ2v) is 7.70. The third-order valence-electron chi connectivity index (χ3n) is 5.30. The number of nitrogens with zero attached hydrogens (tertiary/aromatic N) is 5. The largest absolute Gasteiger partial charge is 0.354 e. The Morgan fingerprint density at radius 1 is 1.13 bits per heavy atom. The van der Waals surface area contributed by atoms with Gasteiger partial charge >= 0.3 is 0 Å². The number of aromatic nitrogens is 4. The first-order valence-corrected chi connectivity index (χ1v) is 10.6. The van der Waals surface area contributed by atoms with Crippen molar-refractivity contribution in [3.8, 4) is 11.3 Å². The number of carbonyl (C=O) groups excluding carboxylic acids is 1. The maximum atomic E-state index is 12.7. The van der Waals surface area contributed by atoms with E-state index in [1.165, 1.54) is 0 Å². The van der Waals surface area contributed by atoms with Crippen LogP contribution in [0.3, 0.4) is 0 Å². The predicted molar refractivity (Wildman–Crippen MR) is 118 cm³/mol. The van der Waals surface area contributed by atoms with Gasteiger partial charge in [0.25, 0.3) is 0 Å². The van der Waals surface area contributed by atoms with Gasteiger partial charge in [0, 0.05) is 75.3 Å². The Balaban J connectivity index is 1.68. The van der Waals surface area contributed by atoms with Crippen molar-refractivity contribution < 1.29 is 4.79 Å². The second-order valence-electron chi connectivity index (χ2n) is 7.70. The van der Waals surface area contributed by atoms with Crippen LogP contribution in [0, 0.1) is 0 Å². The van der Waals surface area contributed by atoms with Gasteiger partial charge in [0.1, 0.15) is 5.82 Å². The molecular formula is C23H28N6O. The molecule has 0 unspecified atom stereocenters. The van der Waals surface area contributed by atoms with Crippen LogP contribution in [0.4, 0.5) is 5.82 Å². The normalized spacial score (nSPS) is 14.1. The van der Waals surface area contributed by atoms with Crippen LogP contribution in [0.15, 0.2) is 42.7 Å². The number of carbonyl (C=O) groups is 1. The quantitative estimate of drug-likeness (QED) is 0.611. The van der Waals surface area contributed by atoms with Gasteiger partial charge in [-0.2, -0.15) is 5.10 Å². The highest BCUT2D eigenvalue weighted by molar-refractivity contribution is 5.97. The van der Waals surface area contributed by atoms with Crippen LogP contribution in [-0.2, 0) is 13.5 Å². The molecule has 0 aromatic carbocycles. The van der Waals surface area contributed by atoms with Crippen LogP contribution in [0.5, 0.6) is 0 Å². The summed E-state index contributed by atoms with van der Waals surface area (Å²) in [6.45, 7) is 5.66. The molecule has 0 radical (unpaired) electrons. The summed E-state index contributed by atoms with van der Waals surface area (Å²) >= 11 is 0. The number of aryl methyl sites for hydroxylation is 1. The van der Waals surface area contributed by atoms with Gasteiger partial charge < -0.3 is 10.2 Å². The van der Waals surface area contributed by atoms with E-state index in [1.807, 2.05) is 50.5 Å². The van der Waals surface area contributed by atoms with Crippen molar-refractivity contribution in [1.82, 2.24) is 25.1 Å². The van der Waals surface area contributed by atoms with E-state index in [0.29, 0.717) is 12.8 Å². The first kappa shape index (κ1) is 20.2. The average Bonchev–Trinajstić information content (AvgIpc) is 3.19. The SMILES string of the molecule is CCCC(=O)c1cc(-c2ccnc(Cc3ccn(C)n3)c2)nc(N2CCNCC2)c1. The fourth-order valence-electron chi connectivity index (χ4n) is 3.73. The highest BCUT2D eigenvalue weighted by Crippen LogP contribution is 2.25. The molecule has 4 heterocycles. The van der Waals surface area contributed by atoms with Gasteiger partial charge in [-0.15, -0.1) is 0 Å². The number of piperazine rings is 1. The number of hydrogen-bond acceptors (Lipinski definition) is 6. The summed E-state index contributed by atoms with van der Waals surface area (Å²) in [4.78, 5) is 24.4. The van der Waals surface area contributed by atoms with Crippen LogP contribution in [0.25, 0.3) is 11.3 Å². The lowest BCUT2D eigenvalue weighted by molar-refractivity contribution is 0.0981. The van der Waals surface area contributed by atoms with Crippen molar-refractivity contribution in [3.63, 3.8) is 0 Å². The summed E-state index contributed by atoms with van der Waals surface area (Å²) in [6, 6.07) is 9.87. The fraction of sp³-hybridized carbons (Fsp3) is 0.391. The molecule has 156 valence electrons. The van der Waals surface area contributed by atoms with Crippen molar-refractivity contribution >= 4 is 11.6 Å². The molecule has 0 aliphatic carbocycles. The summed E-state index contributed by atoms with van der Waals surface area (Å²) in [6.07, 6.45) is 5.78. The molecule has 1 fully saturated rings. The number of pyridine rings is 2. The predicted octanol–water partition coefficient (Wildman–Crippen LogP) is 2.86. The van der Waals surface area contributed by atoms with E-state index >= 15 is 0 Å². The van der Waals surface area contributed by atoms with Gasteiger partial charge in [-0.3, -0.25) is 14.5 Å². The lowest BCUT2D eigenvalue weighted by Crippen LogP contribution is -2.44. The van der Waals surface area contributed by atoms with E-state index in [1.54, 1.807) is 10.9 Å². The molecule has 1 saturated heterocycles. The summed E-state index contributed by atoms with van der Waals surface area (Å²) < 4.78 is 1.79. The number of anilines is 1. The highest BCUT2D eigenvalue weighted by atomic mass is 16.1. The number of Topliss-reactive ketones (excluding diaryl/α,β-unsaturated/α-hetero) is 1. The number of nitrogens with one attached hydrogen (secondary N) is 1. The van der Waals surface area contributed by atoms with Crippen molar-refractivity contribution in [3.05, 3.63) is 59.7 Å². The van der Waals surface area contributed by atoms with Crippen LogP contribution in [0.2, 0.25) is 0 Å². The van der Waals surface area contributed by atoms with Crippen LogP contribution in [0.1, 0.15) is 41.5 Å². The van der Waals surface area contributed by atoms with Gasteiger partial charge in [0.2, 0.25) is 0 Å². The molecule has 7 nitrogen and oxygen atoms in total. The molecule has 30 heavy (non-hydrogen) atoms. The average molecular weight is 405 g/mol. The van der Waals surface area contributed by atoms with E-state index < -0.39 is 0 Å². The Kier molecular flexibility index (Phi) is 6.18. The molecular weight excluding hydrogens is 376 g/mol. The van der Waals surface area contributed by atoms with Crippen LogP contribution < -0.4 is 10.2 Å². The molecule has 4 rings (SSSR count). The molecule has 0 amide bonds. The first-order chi connectivity index (χ1) is 14.6. The smallest absolute Gasteiger partial charge is 0.163 e. The van der Waals surface area contributed by atoms with Gasteiger partial charge in [0.15, 0.2) is 5.78 Å². The van der Waals surface area contributed by atoms with Gasteiger partial charge in [-0.25, -0.2) is 4.98 Å². The minimum atomic E-state index is 0.167. The topological polar surface area (TPSA) is 75.9 Å². The second kappa shape index (κ2) is 9.17. The summed E-state index contributed by atoms with van der Waals surface area (Å²) in [5.41, 5.74) is 4.43. The molecule has 0 bridgehead atoms. The maximum Gasteiger partial charge on any atom is 0.163 e. The zero-order chi connectivity index (χ0) is 20.9. The molecule has 1 N–H and O–H groups in total. The molecule has 0 atom stereocenters. The summed E-state index contributed by atoms with van der Waals surface area (Å²) in [7, 11) is 1.91. The Morgan fingerprint density at radius 2 is 1.97 bits per heavy atom. The van der Waals surface area contributed by atoms with Gasteiger partial charge in [-0.05, 0) is 36.8 Å². The van der Waals surface area contributed by atoms with E-state index in [9.17, 15) is 4.79 Å². The van der Waals surface area contributed by atoms with Crippen molar-refractivity contribution in [2.24, 2.45) is 7.05 Å². The monoisotopic (exact) mass is 404 g/mol. The van der Waals surface area contributed by atoms with E-state index in [-0.39, 0.29) is 5.78 Å². The molecule has 1 aliphatic heterocycles. The molecule has 3 aromatic heterocycles. The van der Waals surface area contributed by atoms with Crippen LogP contribution in [-0.4, -0.2) is 51.7 Å². The van der Waals surface area contributed by atoms with Crippen LogP contribution >= 0.6 is 0 Å². The fourth-order valence-corrected chi connectivity index (χ4v) is 3.73. The van der Waals surface area contributed by atoms with Crippen molar-refractivity contribution in [2.75, 3.05) is 31.1 Å².